The molecule has 1 aliphatic heterocycles. The van der Waals surface area contributed by atoms with E-state index >= 15 is 0 Å². The maximum atomic E-state index is 13.1. The van der Waals surface area contributed by atoms with E-state index in [2.05, 4.69) is 0 Å². The fourth-order valence-electron chi connectivity index (χ4n) is 3.63. The molecule has 0 fully saturated rings. The zero-order chi connectivity index (χ0) is 20.7. The average molecular weight is 392 g/mol. The molecule has 2 aromatic carbocycles. The third-order valence-corrected chi connectivity index (χ3v) is 5.12. The van der Waals surface area contributed by atoms with Crippen molar-refractivity contribution in [3.8, 4) is 5.75 Å². The van der Waals surface area contributed by atoms with E-state index in [1.807, 2.05) is 47.8 Å². The number of hydrogen-bond donors (Lipinski definition) is 0. The lowest BCUT2D eigenvalue weighted by Gasteiger charge is -2.30. The van der Waals surface area contributed by atoms with Crippen molar-refractivity contribution in [2.75, 3.05) is 26.0 Å². The highest BCUT2D eigenvalue weighted by molar-refractivity contribution is 6.02. The standard InChI is InChI=1S/C22H24N4O3/c1-14-22(28)25(4)18-11-15(9-10-20(18)29-14)19(27)12-26-17-8-6-5-7-16(17)23-21(26)13-24(2)3/h5-11,14H,12-13H2,1-4H3. The van der Waals surface area contributed by atoms with Crippen LogP contribution >= 0.6 is 0 Å². The lowest BCUT2D eigenvalue weighted by atomic mass is 10.1. The molecule has 0 bridgehead atoms. The van der Waals surface area contributed by atoms with E-state index in [9.17, 15) is 9.59 Å². The Morgan fingerprint density at radius 1 is 1.21 bits per heavy atom. The predicted molar refractivity (Wildman–Crippen MR) is 111 cm³/mol. The Morgan fingerprint density at radius 2 is 1.97 bits per heavy atom. The van der Waals surface area contributed by atoms with Gasteiger partial charge < -0.3 is 19.1 Å². The molecule has 0 saturated heterocycles. The number of Topliss-reactive ketones (excluding diaryl/α,β-unsaturated/α-hetero) is 1. The minimum atomic E-state index is -0.528. The number of likely N-dealkylation sites (N-methyl/N-ethyl adjacent to an activating group) is 1. The van der Waals surface area contributed by atoms with Gasteiger partial charge in [-0.15, -0.1) is 0 Å². The summed E-state index contributed by atoms with van der Waals surface area (Å²) in [5.41, 5.74) is 2.95. The summed E-state index contributed by atoms with van der Waals surface area (Å²) < 4.78 is 7.62. The second kappa shape index (κ2) is 7.33. The number of carbonyl (C=O) groups excluding carboxylic acids is 2. The van der Waals surface area contributed by atoms with Crippen LogP contribution in [0.2, 0.25) is 0 Å². The number of ketones is 1. The molecule has 7 heteroatoms. The minimum Gasteiger partial charge on any atom is -0.479 e. The molecular formula is C22H24N4O3. The number of hydrogen-bond acceptors (Lipinski definition) is 5. The third-order valence-electron chi connectivity index (χ3n) is 5.12. The van der Waals surface area contributed by atoms with Crippen LogP contribution in [0.25, 0.3) is 11.0 Å². The number of imidazole rings is 1. The van der Waals surface area contributed by atoms with Gasteiger partial charge in [0.05, 0.1) is 29.8 Å². The topological polar surface area (TPSA) is 67.7 Å². The fraction of sp³-hybridized carbons (Fsp3) is 0.318. The molecule has 3 aromatic rings. The summed E-state index contributed by atoms with van der Waals surface area (Å²) in [7, 11) is 5.65. The average Bonchev–Trinajstić information content (AvgIpc) is 3.02. The SMILES string of the molecule is CC1Oc2ccc(C(=O)Cn3c(CN(C)C)nc4ccccc43)cc2N(C)C1=O. The lowest BCUT2D eigenvalue weighted by molar-refractivity contribution is -0.125. The van der Waals surface area contributed by atoms with E-state index in [0.717, 1.165) is 16.9 Å². The number of anilines is 1. The normalized spacial score (nSPS) is 16.2. The van der Waals surface area contributed by atoms with E-state index in [0.29, 0.717) is 23.5 Å². The van der Waals surface area contributed by atoms with Gasteiger partial charge in [0.2, 0.25) is 0 Å². The Kier molecular flexibility index (Phi) is 4.84. The van der Waals surface area contributed by atoms with Crippen molar-refractivity contribution in [3.05, 3.63) is 53.9 Å². The number of aromatic nitrogens is 2. The van der Waals surface area contributed by atoms with Crippen LogP contribution in [0.3, 0.4) is 0 Å². The summed E-state index contributed by atoms with van der Waals surface area (Å²) in [5.74, 6) is 1.27. The molecule has 1 aliphatic rings. The smallest absolute Gasteiger partial charge is 0.267 e. The van der Waals surface area contributed by atoms with Crippen LogP contribution in [0.5, 0.6) is 5.75 Å². The summed E-state index contributed by atoms with van der Waals surface area (Å²) in [5, 5.41) is 0. The molecule has 0 radical (unpaired) electrons. The summed E-state index contributed by atoms with van der Waals surface area (Å²) >= 11 is 0. The number of para-hydroxylation sites is 2. The van der Waals surface area contributed by atoms with Crippen molar-refractivity contribution in [3.63, 3.8) is 0 Å². The molecule has 1 aromatic heterocycles. The summed E-state index contributed by atoms with van der Waals surface area (Å²) in [4.78, 5) is 33.6. The molecule has 1 amide bonds. The molecule has 7 nitrogen and oxygen atoms in total. The molecule has 1 atom stereocenters. The number of fused-ring (bicyclic) bond motifs is 2. The number of rotatable bonds is 5. The van der Waals surface area contributed by atoms with Gasteiger partial charge in [0.1, 0.15) is 11.6 Å². The van der Waals surface area contributed by atoms with Gasteiger partial charge in [0, 0.05) is 12.6 Å². The van der Waals surface area contributed by atoms with Crippen molar-refractivity contribution in [1.82, 2.24) is 14.5 Å². The molecule has 1 unspecified atom stereocenters. The fourth-order valence-corrected chi connectivity index (χ4v) is 3.63. The van der Waals surface area contributed by atoms with Gasteiger partial charge >= 0.3 is 0 Å². The lowest BCUT2D eigenvalue weighted by Crippen LogP contribution is -2.42. The molecule has 29 heavy (non-hydrogen) atoms. The van der Waals surface area contributed by atoms with Gasteiger partial charge in [-0.25, -0.2) is 4.98 Å². The van der Waals surface area contributed by atoms with Gasteiger partial charge in [0.15, 0.2) is 11.9 Å². The molecule has 0 N–H and O–H groups in total. The zero-order valence-corrected chi connectivity index (χ0v) is 17.0. The third kappa shape index (κ3) is 3.49. The van der Waals surface area contributed by atoms with Crippen LogP contribution in [0.1, 0.15) is 23.1 Å². The highest BCUT2D eigenvalue weighted by Gasteiger charge is 2.29. The first-order chi connectivity index (χ1) is 13.8. The molecular weight excluding hydrogens is 368 g/mol. The second-order valence-electron chi connectivity index (χ2n) is 7.60. The maximum absolute atomic E-state index is 13.1. The van der Waals surface area contributed by atoms with E-state index in [4.69, 9.17) is 9.72 Å². The van der Waals surface area contributed by atoms with E-state index < -0.39 is 6.10 Å². The predicted octanol–water partition coefficient (Wildman–Crippen LogP) is 2.72. The monoisotopic (exact) mass is 392 g/mol. The number of benzene rings is 2. The minimum absolute atomic E-state index is 0.0459. The number of amides is 1. The Morgan fingerprint density at radius 3 is 2.72 bits per heavy atom. The number of nitrogens with zero attached hydrogens (tertiary/aromatic N) is 4. The Labute approximate surface area is 169 Å². The zero-order valence-electron chi connectivity index (χ0n) is 17.0. The van der Waals surface area contributed by atoms with Crippen molar-refractivity contribution in [2.45, 2.75) is 26.1 Å². The molecule has 0 spiro atoms. The molecule has 150 valence electrons. The maximum Gasteiger partial charge on any atom is 0.267 e. The van der Waals surface area contributed by atoms with Crippen LogP contribution in [-0.4, -0.2) is 53.4 Å². The van der Waals surface area contributed by atoms with Crippen molar-refractivity contribution < 1.29 is 14.3 Å². The summed E-state index contributed by atoms with van der Waals surface area (Å²) in [6, 6.07) is 13.1. The van der Waals surface area contributed by atoms with E-state index in [-0.39, 0.29) is 18.2 Å². The van der Waals surface area contributed by atoms with Gasteiger partial charge in [-0.3, -0.25) is 9.59 Å². The molecule has 4 rings (SSSR count). The first kappa shape index (κ1) is 19.1. The summed E-state index contributed by atoms with van der Waals surface area (Å²) in [6.45, 7) is 2.53. The first-order valence-corrected chi connectivity index (χ1v) is 9.55. The largest absolute Gasteiger partial charge is 0.479 e. The summed E-state index contributed by atoms with van der Waals surface area (Å²) in [6.07, 6.45) is -0.528. The van der Waals surface area contributed by atoms with Crippen LogP contribution in [-0.2, 0) is 17.9 Å². The first-order valence-electron chi connectivity index (χ1n) is 9.55. The Bertz CT molecular complexity index is 1100. The van der Waals surface area contributed by atoms with Gasteiger partial charge in [0.25, 0.3) is 5.91 Å². The van der Waals surface area contributed by atoms with Crippen LogP contribution in [0, 0.1) is 0 Å². The van der Waals surface area contributed by atoms with E-state index in [1.54, 1.807) is 37.1 Å². The van der Waals surface area contributed by atoms with Gasteiger partial charge in [-0.05, 0) is 51.4 Å². The number of carbonyl (C=O) groups is 2. The Hall–Kier alpha value is -3.19. The van der Waals surface area contributed by atoms with Crippen LogP contribution < -0.4 is 9.64 Å². The van der Waals surface area contributed by atoms with Crippen LogP contribution in [0.15, 0.2) is 42.5 Å². The van der Waals surface area contributed by atoms with Crippen LogP contribution in [0.4, 0.5) is 5.69 Å². The highest BCUT2D eigenvalue weighted by Crippen LogP contribution is 2.34. The van der Waals surface area contributed by atoms with Gasteiger partial charge in [-0.2, -0.15) is 0 Å². The van der Waals surface area contributed by atoms with Crippen molar-refractivity contribution >= 4 is 28.4 Å². The van der Waals surface area contributed by atoms with E-state index in [1.165, 1.54) is 0 Å². The molecule has 2 heterocycles. The highest BCUT2D eigenvalue weighted by atomic mass is 16.5. The van der Waals surface area contributed by atoms with Gasteiger partial charge in [-0.1, -0.05) is 12.1 Å². The molecule has 0 saturated carbocycles. The second-order valence-corrected chi connectivity index (χ2v) is 7.60. The van der Waals surface area contributed by atoms with Crippen molar-refractivity contribution in [2.24, 2.45) is 0 Å². The Balaban J connectivity index is 1.68. The number of ether oxygens (including phenoxy) is 1. The molecule has 0 aliphatic carbocycles. The van der Waals surface area contributed by atoms with Crippen molar-refractivity contribution in [1.29, 1.82) is 0 Å². The quantitative estimate of drug-likeness (QED) is 0.625.